The third kappa shape index (κ3) is 2.74. The number of carbonyl (C=O) groups excluding carboxylic acids is 1. The molecule has 0 bridgehead atoms. The number of rotatable bonds is 3. The van der Waals surface area contributed by atoms with Crippen LogP contribution in [0.25, 0.3) is 0 Å². The Labute approximate surface area is 118 Å². The van der Waals surface area contributed by atoms with Crippen LogP contribution < -0.4 is 0 Å². The van der Waals surface area contributed by atoms with Crippen molar-refractivity contribution in [2.45, 2.75) is 39.3 Å². The number of carboxylic acid groups (broad SMARTS) is 1. The second-order valence-corrected chi connectivity index (χ2v) is 5.06. The van der Waals surface area contributed by atoms with E-state index in [9.17, 15) is 14.7 Å². The summed E-state index contributed by atoms with van der Waals surface area (Å²) in [7, 11) is 0. The zero-order valence-electron chi connectivity index (χ0n) is 11.8. The second kappa shape index (κ2) is 5.90. The van der Waals surface area contributed by atoms with Crippen LogP contribution >= 0.6 is 0 Å². The van der Waals surface area contributed by atoms with Gasteiger partial charge in [0, 0.05) is 18.5 Å². The highest BCUT2D eigenvalue weighted by Gasteiger charge is 2.34. The molecule has 1 heterocycles. The molecule has 1 aromatic carbocycles. The number of aliphatic carboxylic acids is 1. The first kappa shape index (κ1) is 14.3. The lowest BCUT2D eigenvalue weighted by Gasteiger charge is -2.34. The molecule has 0 fully saturated rings. The third-order valence-electron chi connectivity index (χ3n) is 3.64. The maximum atomic E-state index is 12.4. The van der Waals surface area contributed by atoms with Crippen molar-refractivity contribution in [3.63, 3.8) is 0 Å². The first-order valence-electron chi connectivity index (χ1n) is 6.82. The van der Waals surface area contributed by atoms with E-state index >= 15 is 0 Å². The van der Waals surface area contributed by atoms with Gasteiger partial charge < -0.3 is 10.0 Å². The first-order chi connectivity index (χ1) is 9.54. The highest BCUT2D eigenvalue weighted by Crippen LogP contribution is 2.24. The quantitative estimate of drug-likeness (QED) is 0.860. The van der Waals surface area contributed by atoms with Gasteiger partial charge in [-0.25, -0.2) is 4.79 Å². The normalized spacial score (nSPS) is 18.6. The lowest BCUT2D eigenvalue weighted by Crippen LogP contribution is -2.48. The van der Waals surface area contributed by atoms with E-state index in [1.165, 1.54) is 4.90 Å². The molecular weight excluding hydrogens is 254 g/mol. The van der Waals surface area contributed by atoms with Crippen molar-refractivity contribution < 1.29 is 14.7 Å². The molecular formula is C16H19NO3. The number of carbonyl (C=O) groups is 2. The highest BCUT2D eigenvalue weighted by molar-refractivity contribution is 5.95. The molecule has 4 nitrogen and oxygen atoms in total. The summed E-state index contributed by atoms with van der Waals surface area (Å²) in [6.45, 7) is 4.06. The molecule has 1 amide bonds. The maximum absolute atomic E-state index is 12.4. The molecule has 0 saturated heterocycles. The SMILES string of the molecule is CC/C=C(\C)C(=O)N1Cc2ccccc2CC1C(=O)O. The molecule has 0 aliphatic carbocycles. The van der Waals surface area contributed by atoms with Gasteiger partial charge in [-0.05, 0) is 24.5 Å². The van der Waals surface area contributed by atoms with Crippen LogP contribution in [0.2, 0.25) is 0 Å². The zero-order chi connectivity index (χ0) is 14.7. The summed E-state index contributed by atoms with van der Waals surface area (Å²) in [6.07, 6.45) is 2.97. The molecule has 0 spiro atoms. The Morgan fingerprint density at radius 2 is 2.00 bits per heavy atom. The molecule has 1 atom stereocenters. The molecule has 4 heteroatoms. The van der Waals surface area contributed by atoms with Crippen molar-refractivity contribution in [1.82, 2.24) is 4.90 Å². The molecule has 20 heavy (non-hydrogen) atoms. The molecule has 1 aliphatic heterocycles. The Balaban J connectivity index is 2.34. The van der Waals surface area contributed by atoms with E-state index in [-0.39, 0.29) is 5.91 Å². The summed E-state index contributed by atoms with van der Waals surface area (Å²) >= 11 is 0. The highest BCUT2D eigenvalue weighted by atomic mass is 16.4. The van der Waals surface area contributed by atoms with Crippen LogP contribution in [-0.2, 0) is 22.6 Å². The van der Waals surface area contributed by atoms with Crippen LogP contribution in [0.15, 0.2) is 35.9 Å². The number of fused-ring (bicyclic) bond motifs is 1. The van der Waals surface area contributed by atoms with Gasteiger partial charge in [0.25, 0.3) is 0 Å². The molecule has 0 radical (unpaired) electrons. The standard InChI is InChI=1S/C16H19NO3/c1-3-6-11(2)15(18)17-10-13-8-5-4-7-12(13)9-14(17)16(19)20/h4-8,14H,3,9-10H2,1-2H3,(H,19,20)/b11-6+. The van der Waals surface area contributed by atoms with Gasteiger partial charge in [0.2, 0.25) is 5.91 Å². The predicted molar refractivity (Wildman–Crippen MR) is 76.2 cm³/mol. The van der Waals surface area contributed by atoms with Crippen molar-refractivity contribution in [2.75, 3.05) is 0 Å². The largest absolute Gasteiger partial charge is 0.480 e. The fourth-order valence-corrected chi connectivity index (χ4v) is 2.58. The third-order valence-corrected chi connectivity index (χ3v) is 3.64. The lowest BCUT2D eigenvalue weighted by molar-refractivity contribution is -0.149. The first-order valence-corrected chi connectivity index (χ1v) is 6.82. The van der Waals surface area contributed by atoms with Crippen LogP contribution in [0.4, 0.5) is 0 Å². The van der Waals surface area contributed by atoms with Crippen molar-refractivity contribution in [1.29, 1.82) is 0 Å². The van der Waals surface area contributed by atoms with Gasteiger partial charge in [0.15, 0.2) is 0 Å². The van der Waals surface area contributed by atoms with Crippen LogP contribution in [0, 0.1) is 0 Å². The molecule has 106 valence electrons. The van der Waals surface area contributed by atoms with E-state index in [1.54, 1.807) is 6.92 Å². The van der Waals surface area contributed by atoms with Crippen molar-refractivity contribution in [2.24, 2.45) is 0 Å². The van der Waals surface area contributed by atoms with Gasteiger partial charge in [0.1, 0.15) is 6.04 Å². The molecule has 1 unspecified atom stereocenters. The summed E-state index contributed by atoms with van der Waals surface area (Å²) in [5, 5.41) is 9.38. The van der Waals surface area contributed by atoms with Crippen molar-refractivity contribution >= 4 is 11.9 Å². The van der Waals surface area contributed by atoms with Gasteiger partial charge >= 0.3 is 5.97 Å². The minimum Gasteiger partial charge on any atom is -0.480 e. The van der Waals surface area contributed by atoms with Crippen LogP contribution in [0.3, 0.4) is 0 Å². The molecule has 0 aromatic heterocycles. The molecule has 1 N–H and O–H groups in total. The second-order valence-electron chi connectivity index (χ2n) is 5.06. The molecule has 1 aliphatic rings. The van der Waals surface area contributed by atoms with E-state index in [4.69, 9.17) is 0 Å². The van der Waals surface area contributed by atoms with E-state index in [1.807, 2.05) is 37.3 Å². The molecule has 1 aromatic rings. The molecule has 2 rings (SSSR count). The average Bonchev–Trinajstić information content (AvgIpc) is 2.45. The fourth-order valence-electron chi connectivity index (χ4n) is 2.58. The lowest BCUT2D eigenvalue weighted by atomic mass is 9.93. The van der Waals surface area contributed by atoms with Gasteiger partial charge in [-0.1, -0.05) is 37.3 Å². The summed E-state index contributed by atoms with van der Waals surface area (Å²) in [6, 6.07) is 6.92. The maximum Gasteiger partial charge on any atom is 0.326 e. The van der Waals surface area contributed by atoms with E-state index in [0.29, 0.717) is 18.5 Å². The van der Waals surface area contributed by atoms with Crippen LogP contribution in [0.5, 0.6) is 0 Å². The van der Waals surface area contributed by atoms with E-state index in [0.717, 1.165) is 17.5 Å². The zero-order valence-corrected chi connectivity index (χ0v) is 11.8. The van der Waals surface area contributed by atoms with Gasteiger partial charge in [0.05, 0.1) is 0 Å². The van der Waals surface area contributed by atoms with Gasteiger partial charge in [-0.15, -0.1) is 0 Å². The summed E-state index contributed by atoms with van der Waals surface area (Å²) in [5.74, 6) is -1.13. The number of benzene rings is 1. The summed E-state index contributed by atoms with van der Waals surface area (Å²) in [5.41, 5.74) is 2.65. The summed E-state index contributed by atoms with van der Waals surface area (Å²) < 4.78 is 0. The number of carboxylic acids is 1. The van der Waals surface area contributed by atoms with Crippen molar-refractivity contribution in [3.8, 4) is 0 Å². The number of allylic oxidation sites excluding steroid dienone is 1. The minimum atomic E-state index is -0.947. The van der Waals surface area contributed by atoms with Gasteiger partial charge in [-0.2, -0.15) is 0 Å². The number of amides is 1. The Hall–Kier alpha value is -2.10. The number of hydrogen-bond donors (Lipinski definition) is 1. The smallest absolute Gasteiger partial charge is 0.326 e. The Kier molecular flexibility index (Phi) is 4.23. The molecule has 0 saturated carbocycles. The monoisotopic (exact) mass is 273 g/mol. The van der Waals surface area contributed by atoms with Crippen molar-refractivity contribution in [3.05, 3.63) is 47.0 Å². The number of hydrogen-bond acceptors (Lipinski definition) is 2. The van der Waals surface area contributed by atoms with Crippen LogP contribution in [-0.4, -0.2) is 27.9 Å². The Morgan fingerprint density at radius 3 is 2.60 bits per heavy atom. The Morgan fingerprint density at radius 1 is 1.35 bits per heavy atom. The Bertz CT molecular complexity index is 563. The average molecular weight is 273 g/mol. The van der Waals surface area contributed by atoms with E-state index in [2.05, 4.69) is 0 Å². The van der Waals surface area contributed by atoms with E-state index < -0.39 is 12.0 Å². The van der Waals surface area contributed by atoms with Gasteiger partial charge in [-0.3, -0.25) is 4.79 Å². The summed E-state index contributed by atoms with van der Waals surface area (Å²) in [4.78, 5) is 25.3. The fraction of sp³-hybridized carbons (Fsp3) is 0.375. The topological polar surface area (TPSA) is 57.6 Å². The predicted octanol–water partition coefficient (Wildman–Crippen LogP) is 2.38. The van der Waals surface area contributed by atoms with Crippen LogP contribution in [0.1, 0.15) is 31.4 Å². The number of nitrogens with zero attached hydrogens (tertiary/aromatic N) is 1. The minimum absolute atomic E-state index is 0.186.